The monoisotopic (exact) mass is 219 g/mol. The summed E-state index contributed by atoms with van der Waals surface area (Å²) in [6.07, 6.45) is -0.810. The Morgan fingerprint density at radius 3 is 2.33 bits per heavy atom. The summed E-state index contributed by atoms with van der Waals surface area (Å²) in [5.41, 5.74) is 4.07. The number of urea groups is 1. The topological polar surface area (TPSA) is 84.2 Å². The highest BCUT2D eigenvalue weighted by atomic mass is 19.3. The van der Waals surface area contributed by atoms with Crippen LogP contribution in [-0.2, 0) is 4.79 Å². The second-order valence-electron chi connectivity index (χ2n) is 4.04. The maximum atomic E-state index is 12.7. The zero-order valence-electron chi connectivity index (χ0n) is 7.85. The van der Waals surface area contributed by atoms with Gasteiger partial charge in [0.05, 0.1) is 0 Å². The van der Waals surface area contributed by atoms with Crippen molar-refractivity contribution in [2.75, 3.05) is 6.54 Å². The van der Waals surface area contributed by atoms with Crippen LogP contribution in [0.2, 0.25) is 0 Å². The van der Waals surface area contributed by atoms with Crippen molar-refractivity contribution in [3.05, 3.63) is 0 Å². The molecule has 15 heavy (non-hydrogen) atoms. The SMILES string of the molecule is NC[C@@]1(C2CC(F)(F)C2)NC(=O)NC1=O. The van der Waals surface area contributed by atoms with E-state index < -0.39 is 42.2 Å². The van der Waals surface area contributed by atoms with Gasteiger partial charge in [-0.1, -0.05) is 0 Å². The van der Waals surface area contributed by atoms with Crippen LogP contribution in [0.25, 0.3) is 0 Å². The van der Waals surface area contributed by atoms with E-state index in [0.29, 0.717) is 0 Å². The molecule has 3 amide bonds. The second kappa shape index (κ2) is 2.88. The summed E-state index contributed by atoms with van der Waals surface area (Å²) >= 11 is 0. The molecular formula is C8H11F2N3O2. The number of carbonyl (C=O) groups is 2. The number of halogens is 2. The molecule has 1 saturated carbocycles. The van der Waals surface area contributed by atoms with E-state index in [1.54, 1.807) is 0 Å². The number of alkyl halides is 2. The van der Waals surface area contributed by atoms with Crippen LogP contribution in [0.5, 0.6) is 0 Å². The van der Waals surface area contributed by atoms with Crippen molar-refractivity contribution in [3.8, 4) is 0 Å². The fourth-order valence-electron chi connectivity index (χ4n) is 2.11. The highest BCUT2D eigenvalue weighted by Crippen LogP contribution is 2.48. The van der Waals surface area contributed by atoms with Crippen molar-refractivity contribution in [2.45, 2.75) is 24.3 Å². The van der Waals surface area contributed by atoms with Crippen LogP contribution in [0.1, 0.15) is 12.8 Å². The Hall–Kier alpha value is -1.24. The van der Waals surface area contributed by atoms with E-state index in [2.05, 4.69) is 5.32 Å². The van der Waals surface area contributed by atoms with E-state index in [-0.39, 0.29) is 6.54 Å². The third kappa shape index (κ3) is 1.38. The number of imide groups is 1. The van der Waals surface area contributed by atoms with E-state index in [4.69, 9.17) is 5.73 Å². The first-order chi connectivity index (χ1) is 6.89. The highest BCUT2D eigenvalue weighted by molar-refractivity contribution is 6.07. The zero-order valence-corrected chi connectivity index (χ0v) is 7.85. The molecule has 5 nitrogen and oxygen atoms in total. The summed E-state index contributed by atoms with van der Waals surface area (Å²) in [6.45, 7) is -0.161. The molecular weight excluding hydrogens is 208 g/mol. The molecule has 1 heterocycles. The maximum Gasteiger partial charge on any atom is 0.322 e. The van der Waals surface area contributed by atoms with Crippen molar-refractivity contribution in [3.63, 3.8) is 0 Å². The van der Waals surface area contributed by atoms with Crippen molar-refractivity contribution in [1.82, 2.24) is 10.6 Å². The third-order valence-electron chi connectivity index (χ3n) is 3.08. The van der Waals surface area contributed by atoms with Gasteiger partial charge in [-0.15, -0.1) is 0 Å². The van der Waals surface area contributed by atoms with Crippen molar-refractivity contribution < 1.29 is 18.4 Å². The van der Waals surface area contributed by atoms with Crippen LogP contribution < -0.4 is 16.4 Å². The molecule has 7 heteroatoms. The Morgan fingerprint density at radius 2 is 2.00 bits per heavy atom. The predicted molar refractivity (Wildman–Crippen MR) is 46.1 cm³/mol. The lowest BCUT2D eigenvalue weighted by atomic mass is 9.68. The molecule has 2 fully saturated rings. The van der Waals surface area contributed by atoms with E-state index in [1.165, 1.54) is 0 Å². The number of nitrogens with one attached hydrogen (secondary N) is 2. The molecule has 2 rings (SSSR count). The summed E-state index contributed by atoms with van der Waals surface area (Å²) in [5.74, 6) is -3.92. The molecule has 0 aromatic rings. The smallest absolute Gasteiger partial charge is 0.322 e. The number of nitrogens with two attached hydrogens (primary N) is 1. The standard InChI is InChI=1S/C8H11F2N3O2/c9-7(10)1-4(2-7)8(3-11)5(14)12-6(15)13-8/h4H,1-3,11H2,(H2,12,13,14,15)/t8-/m0/s1. The Labute approximate surface area is 84.4 Å². The molecule has 0 radical (unpaired) electrons. The predicted octanol–water partition coefficient (Wildman–Crippen LogP) is -0.431. The van der Waals surface area contributed by atoms with Crippen LogP contribution in [0.3, 0.4) is 0 Å². The fourth-order valence-corrected chi connectivity index (χ4v) is 2.11. The van der Waals surface area contributed by atoms with Gasteiger partial charge in [0.1, 0.15) is 5.54 Å². The minimum Gasteiger partial charge on any atom is -0.328 e. The summed E-state index contributed by atoms with van der Waals surface area (Å²) in [6, 6.07) is -0.666. The number of rotatable bonds is 2. The molecule has 0 aromatic heterocycles. The molecule has 2 aliphatic rings. The van der Waals surface area contributed by atoms with E-state index in [0.717, 1.165) is 0 Å². The molecule has 84 valence electrons. The first kappa shape index (κ1) is 10.3. The van der Waals surface area contributed by atoms with Gasteiger partial charge in [-0.25, -0.2) is 13.6 Å². The largest absolute Gasteiger partial charge is 0.328 e. The average molecular weight is 219 g/mol. The Kier molecular flexibility index (Phi) is 1.97. The molecule has 1 atom stereocenters. The fraction of sp³-hybridized carbons (Fsp3) is 0.750. The summed E-state index contributed by atoms with van der Waals surface area (Å²) in [7, 11) is 0. The van der Waals surface area contributed by atoms with Crippen LogP contribution in [-0.4, -0.2) is 29.9 Å². The minimum atomic E-state index is -2.74. The Balaban J connectivity index is 2.17. The number of hydrogen-bond donors (Lipinski definition) is 3. The van der Waals surface area contributed by atoms with Gasteiger partial charge in [0, 0.05) is 25.3 Å². The van der Waals surface area contributed by atoms with Gasteiger partial charge >= 0.3 is 6.03 Å². The summed E-state index contributed by atoms with van der Waals surface area (Å²) in [4.78, 5) is 22.4. The van der Waals surface area contributed by atoms with Crippen molar-refractivity contribution >= 4 is 11.9 Å². The van der Waals surface area contributed by atoms with Gasteiger partial charge in [0.2, 0.25) is 5.92 Å². The molecule has 0 unspecified atom stereocenters. The first-order valence-electron chi connectivity index (χ1n) is 4.61. The number of carbonyl (C=O) groups excluding carboxylic acids is 2. The molecule has 1 aliphatic carbocycles. The maximum absolute atomic E-state index is 12.7. The molecule has 0 spiro atoms. The lowest BCUT2D eigenvalue weighted by Crippen LogP contribution is -2.63. The van der Waals surface area contributed by atoms with Gasteiger partial charge in [0.25, 0.3) is 5.91 Å². The highest BCUT2D eigenvalue weighted by Gasteiger charge is 2.60. The lowest BCUT2D eigenvalue weighted by molar-refractivity contribution is -0.147. The molecule has 0 bridgehead atoms. The second-order valence-corrected chi connectivity index (χ2v) is 4.04. The molecule has 4 N–H and O–H groups in total. The van der Waals surface area contributed by atoms with Crippen LogP contribution in [0.4, 0.5) is 13.6 Å². The minimum absolute atomic E-state index is 0.161. The van der Waals surface area contributed by atoms with Gasteiger partial charge < -0.3 is 11.1 Å². The third-order valence-corrected chi connectivity index (χ3v) is 3.08. The van der Waals surface area contributed by atoms with Gasteiger partial charge in [-0.05, 0) is 0 Å². The Morgan fingerprint density at radius 1 is 1.40 bits per heavy atom. The molecule has 1 aliphatic heterocycles. The quantitative estimate of drug-likeness (QED) is 0.551. The average Bonchev–Trinajstić information content (AvgIpc) is 2.37. The van der Waals surface area contributed by atoms with Gasteiger partial charge in [-0.2, -0.15) is 0 Å². The first-order valence-corrected chi connectivity index (χ1v) is 4.61. The van der Waals surface area contributed by atoms with Crippen LogP contribution in [0, 0.1) is 5.92 Å². The number of hydrogen-bond acceptors (Lipinski definition) is 3. The van der Waals surface area contributed by atoms with E-state index in [9.17, 15) is 18.4 Å². The van der Waals surface area contributed by atoms with Crippen molar-refractivity contribution in [1.29, 1.82) is 0 Å². The van der Waals surface area contributed by atoms with Crippen molar-refractivity contribution in [2.24, 2.45) is 11.7 Å². The van der Waals surface area contributed by atoms with Crippen LogP contribution in [0.15, 0.2) is 0 Å². The Bertz CT molecular complexity index is 326. The van der Waals surface area contributed by atoms with Gasteiger partial charge in [0.15, 0.2) is 0 Å². The zero-order chi connectivity index (χ0) is 11.3. The number of amides is 3. The van der Waals surface area contributed by atoms with E-state index >= 15 is 0 Å². The van der Waals surface area contributed by atoms with Gasteiger partial charge in [-0.3, -0.25) is 10.1 Å². The lowest BCUT2D eigenvalue weighted by Gasteiger charge is -2.44. The molecule has 1 saturated heterocycles. The molecule has 0 aromatic carbocycles. The summed E-state index contributed by atoms with van der Waals surface area (Å²) in [5, 5.41) is 4.37. The van der Waals surface area contributed by atoms with Crippen LogP contribution >= 0.6 is 0 Å². The van der Waals surface area contributed by atoms with E-state index in [1.807, 2.05) is 5.32 Å². The summed E-state index contributed by atoms with van der Waals surface area (Å²) < 4.78 is 25.4. The normalized spacial score (nSPS) is 34.6.